The molecule has 1 spiro atoms. The van der Waals surface area contributed by atoms with Crippen LogP contribution in [0.3, 0.4) is 0 Å². The van der Waals surface area contributed by atoms with E-state index in [9.17, 15) is 4.79 Å². The molecule has 0 atom stereocenters. The van der Waals surface area contributed by atoms with Gasteiger partial charge in [0, 0.05) is 37.2 Å². The van der Waals surface area contributed by atoms with Gasteiger partial charge in [0.2, 0.25) is 0 Å². The van der Waals surface area contributed by atoms with Gasteiger partial charge in [-0.2, -0.15) is 0 Å². The molecule has 7 heteroatoms. The van der Waals surface area contributed by atoms with E-state index >= 15 is 0 Å². The molecule has 5 rings (SSSR count). The van der Waals surface area contributed by atoms with Crippen LogP contribution in [0.25, 0.3) is 5.69 Å². The molecule has 154 valence electrons. The molecule has 4 heterocycles. The highest BCUT2D eigenvalue weighted by molar-refractivity contribution is 5.92. The zero-order valence-corrected chi connectivity index (χ0v) is 17.3. The lowest BCUT2D eigenvalue weighted by molar-refractivity contribution is 0.0670. The van der Waals surface area contributed by atoms with Crippen LogP contribution in [0.15, 0.2) is 48.9 Å². The van der Waals surface area contributed by atoms with Gasteiger partial charge >= 0.3 is 0 Å². The molecule has 0 unspecified atom stereocenters. The third-order valence-corrected chi connectivity index (χ3v) is 6.06. The molecule has 0 radical (unpaired) electrons. The van der Waals surface area contributed by atoms with Gasteiger partial charge in [-0.15, -0.1) is 0 Å². The second-order valence-electron chi connectivity index (χ2n) is 7.92. The van der Waals surface area contributed by atoms with Crippen LogP contribution in [0.5, 0.6) is 5.75 Å². The molecule has 3 aromatic rings. The maximum atomic E-state index is 12.9. The van der Waals surface area contributed by atoms with Crippen molar-refractivity contribution in [1.82, 2.24) is 19.4 Å². The molecule has 7 nitrogen and oxygen atoms in total. The van der Waals surface area contributed by atoms with Crippen molar-refractivity contribution in [1.29, 1.82) is 0 Å². The Kier molecular flexibility index (Phi) is 4.46. The highest BCUT2D eigenvalue weighted by atomic mass is 16.5. The van der Waals surface area contributed by atoms with Crippen LogP contribution in [-0.2, 0) is 5.54 Å². The largest absolute Gasteiger partial charge is 0.494 e. The number of rotatable bonds is 3. The van der Waals surface area contributed by atoms with Crippen LogP contribution in [0, 0.1) is 6.92 Å². The quantitative estimate of drug-likeness (QED) is 0.724. The lowest BCUT2D eigenvalue weighted by Gasteiger charge is -2.46. The molecule has 1 fully saturated rings. The fraction of sp³-hybridized carbons (Fsp3) is 0.348. The molecular weight excluding hydrogens is 378 g/mol. The Bertz CT molecular complexity index is 1080. The van der Waals surface area contributed by atoms with Gasteiger partial charge in [-0.3, -0.25) is 9.78 Å². The van der Waals surface area contributed by atoms with E-state index in [1.165, 1.54) is 5.69 Å². The summed E-state index contributed by atoms with van der Waals surface area (Å²) in [5.41, 5.74) is 4.43. The standard InChI is InChI=1S/C23H25N5O2/c1-3-30-17-6-7-20-18(13-17)26-23(21-5-4-10-28(20)21)8-11-27(12-9-23)22(29)19-15-24-16(2)14-25-19/h4-7,10,13-15,26H,3,8-9,11-12H2,1-2H3. The predicted octanol–water partition coefficient (Wildman–Crippen LogP) is 3.53. The van der Waals surface area contributed by atoms with Crippen molar-refractivity contribution >= 4 is 11.6 Å². The Labute approximate surface area is 175 Å². The normalized spacial score (nSPS) is 16.5. The first-order valence-corrected chi connectivity index (χ1v) is 10.4. The summed E-state index contributed by atoms with van der Waals surface area (Å²) in [6, 6.07) is 10.4. The Morgan fingerprint density at radius 2 is 2.03 bits per heavy atom. The van der Waals surface area contributed by atoms with E-state index in [2.05, 4.69) is 50.3 Å². The summed E-state index contributed by atoms with van der Waals surface area (Å²) in [6.07, 6.45) is 6.95. The number of hydrogen-bond donors (Lipinski definition) is 1. The van der Waals surface area contributed by atoms with Crippen LogP contribution in [-0.4, -0.2) is 45.0 Å². The van der Waals surface area contributed by atoms with Crippen molar-refractivity contribution in [2.24, 2.45) is 0 Å². The Morgan fingerprint density at radius 1 is 1.20 bits per heavy atom. The average Bonchev–Trinajstić information content (AvgIpc) is 3.26. The molecule has 0 saturated carbocycles. The van der Waals surface area contributed by atoms with Crippen molar-refractivity contribution in [3.8, 4) is 11.4 Å². The minimum Gasteiger partial charge on any atom is -0.494 e. The fourth-order valence-electron chi connectivity index (χ4n) is 4.52. The number of likely N-dealkylation sites (tertiary alicyclic amines) is 1. The lowest BCUT2D eigenvalue weighted by Crippen LogP contribution is -2.51. The third-order valence-electron chi connectivity index (χ3n) is 6.06. The molecule has 1 aromatic carbocycles. The van der Waals surface area contributed by atoms with E-state index in [-0.39, 0.29) is 11.4 Å². The summed E-state index contributed by atoms with van der Waals surface area (Å²) in [4.78, 5) is 23.2. The summed E-state index contributed by atoms with van der Waals surface area (Å²) in [5.74, 6) is 0.808. The number of carbonyl (C=O) groups is 1. The Balaban J connectivity index is 1.40. The van der Waals surface area contributed by atoms with E-state index in [0.717, 1.165) is 35.7 Å². The maximum absolute atomic E-state index is 12.9. The number of piperidine rings is 1. The zero-order valence-electron chi connectivity index (χ0n) is 17.3. The monoisotopic (exact) mass is 403 g/mol. The molecular formula is C23H25N5O2. The Hall–Kier alpha value is -3.35. The topological polar surface area (TPSA) is 72.3 Å². The van der Waals surface area contributed by atoms with E-state index in [0.29, 0.717) is 25.4 Å². The van der Waals surface area contributed by atoms with E-state index in [4.69, 9.17) is 4.74 Å². The van der Waals surface area contributed by atoms with E-state index in [1.54, 1.807) is 12.4 Å². The number of anilines is 1. The number of aryl methyl sites for hydroxylation is 1. The summed E-state index contributed by atoms with van der Waals surface area (Å²) in [5, 5.41) is 3.79. The highest BCUT2D eigenvalue weighted by Gasteiger charge is 2.42. The van der Waals surface area contributed by atoms with Crippen LogP contribution < -0.4 is 10.1 Å². The van der Waals surface area contributed by atoms with Crippen LogP contribution in [0.2, 0.25) is 0 Å². The van der Waals surface area contributed by atoms with E-state index in [1.807, 2.05) is 24.8 Å². The van der Waals surface area contributed by atoms with Gasteiger partial charge in [-0.05, 0) is 51.0 Å². The molecule has 2 aromatic heterocycles. The molecule has 0 aliphatic carbocycles. The number of aromatic nitrogens is 3. The van der Waals surface area contributed by atoms with Crippen LogP contribution in [0.4, 0.5) is 5.69 Å². The lowest BCUT2D eigenvalue weighted by atomic mass is 9.82. The molecule has 1 amide bonds. The first-order valence-electron chi connectivity index (χ1n) is 10.4. The number of benzene rings is 1. The van der Waals surface area contributed by atoms with Crippen molar-refractivity contribution in [3.05, 3.63) is 66.0 Å². The second-order valence-corrected chi connectivity index (χ2v) is 7.92. The zero-order chi connectivity index (χ0) is 20.7. The number of fused-ring (bicyclic) bond motifs is 4. The van der Waals surface area contributed by atoms with Crippen LogP contribution >= 0.6 is 0 Å². The van der Waals surface area contributed by atoms with Crippen molar-refractivity contribution < 1.29 is 9.53 Å². The first kappa shape index (κ1) is 18.7. The predicted molar refractivity (Wildman–Crippen MR) is 114 cm³/mol. The minimum atomic E-state index is -0.211. The average molecular weight is 403 g/mol. The van der Waals surface area contributed by atoms with Gasteiger partial charge in [-0.25, -0.2) is 4.98 Å². The number of nitrogens with zero attached hydrogens (tertiary/aromatic N) is 4. The van der Waals surface area contributed by atoms with Gasteiger partial charge in [0.25, 0.3) is 5.91 Å². The SMILES string of the molecule is CCOc1ccc2c(c1)NC1(CCN(C(=O)c3cnc(C)cn3)CC1)c1cccn1-2. The summed E-state index contributed by atoms with van der Waals surface area (Å²) < 4.78 is 7.96. The number of carbonyl (C=O) groups excluding carboxylic acids is 1. The van der Waals surface area contributed by atoms with Gasteiger partial charge in [0.15, 0.2) is 0 Å². The first-order chi connectivity index (χ1) is 14.6. The minimum absolute atomic E-state index is 0.0532. The van der Waals surface area contributed by atoms with Gasteiger partial charge in [-0.1, -0.05) is 0 Å². The summed E-state index contributed by atoms with van der Waals surface area (Å²) >= 11 is 0. The molecule has 30 heavy (non-hydrogen) atoms. The van der Waals surface area contributed by atoms with E-state index < -0.39 is 0 Å². The highest BCUT2D eigenvalue weighted by Crippen LogP contribution is 2.44. The van der Waals surface area contributed by atoms with Crippen LogP contribution in [0.1, 0.15) is 41.6 Å². The van der Waals surface area contributed by atoms with Crippen molar-refractivity contribution in [2.45, 2.75) is 32.2 Å². The Morgan fingerprint density at radius 3 is 2.77 bits per heavy atom. The number of hydrogen-bond acceptors (Lipinski definition) is 5. The summed E-state index contributed by atoms with van der Waals surface area (Å²) in [7, 11) is 0. The number of nitrogens with one attached hydrogen (secondary N) is 1. The molecule has 1 N–H and O–H groups in total. The number of amides is 1. The summed E-state index contributed by atoms with van der Waals surface area (Å²) in [6.45, 7) is 5.81. The maximum Gasteiger partial charge on any atom is 0.274 e. The smallest absolute Gasteiger partial charge is 0.274 e. The molecule has 2 aliphatic heterocycles. The van der Waals surface area contributed by atoms with Gasteiger partial charge in [0.05, 0.1) is 35.4 Å². The third kappa shape index (κ3) is 3.01. The number of ether oxygens (including phenoxy) is 1. The van der Waals surface area contributed by atoms with Gasteiger partial charge in [0.1, 0.15) is 11.4 Å². The molecule has 1 saturated heterocycles. The van der Waals surface area contributed by atoms with Crippen molar-refractivity contribution in [2.75, 3.05) is 25.0 Å². The second kappa shape index (κ2) is 7.16. The fourth-order valence-corrected chi connectivity index (χ4v) is 4.52. The van der Waals surface area contributed by atoms with Crippen molar-refractivity contribution in [3.63, 3.8) is 0 Å². The van der Waals surface area contributed by atoms with Gasteiger partial charge < -0.3 is 19.5 Å². The molecule has 0 bridgehead atoms. The molecule has 2 aliphatic rings.